The first-order valence-electron chi connectivity index (χ1n) is 7.01. The maximum Gasteiger partial charge on any atom is 0.251 e. The molecular formula is C16H18N2O3S. The van der Waals surface area contributed by atoms with Gasteiger partial charge in [-0.05, 0) is 54.7 Å². The quantitative estimate of drug-likeness (QED) is 0.920. The number of thiophene rings is 1. The minimum absolute atomic E-state index is 0.111. The van der Waals surface area contributed by atoms with Crippen molar-refractivity contribution in [2.75, 3.05) is 27.4 Å². The van der Waals surface area contributed by atoms with Crippen LogP contribution in [0.25, 0.3) is 0 Å². The number of hydrogen-bond donors (Lipinski definition) is 1. The Morgan fingerprint density at radius 2 is 2.14 bits per heavy atom. The lowest BCUT2D eigenvalue weighted by atomic mass is 10.1. The van der Waals surface area contributed by atoms with Crippen LogP contribution < -0.4 is 14.8 Å². The van der Waals surface area contributed by atoms with Crippen LogP contribution in [0.2, 0.25) is 0 Å². The van der Waals surface area contributed by atoms with E-state index in [1.54, 1.807) is 29.5 Å². The highest BCUT2D eigenvalue weighted by Gasteiger charge is 2.19. The third-order valence-corrected chi connectivity index (χ3v) is 4.34. The fourth-order valence-electron chi connectivity index (χ4n) is 2.39. The van der Waals surface area contributed by atoms with Crippen molar-refractivity contribution in [3.63, 3.8) is 0 Å². The summed E-state index contributed by atoms with van der Waals surface area (Å²) in [7, 11) is 4.02. The van der Waals surface area contributed by atoms with Gasteiger partial charge in [0.15, 0.2) is 11.5 Å². The number of fused-ring (bicyclic) bond motifs is 1. The number of hydrogen-bond acceptors (Lipinski definition) is 5. The molecule has 6 heteroatoms. The molecule has 1 aromatic heterocycles. The van der Waals surface area contributed by atoms with Crippen LogP contribution in [0.4, 0.5) is 0 Å². The molecule has 3 rings (SSSR count). The van der Waals surface area contributed by atoms with Gasteiger partial charge in [-0.2, -0.15) is 11.3 Å². The molecule has 5 nitrogen and oxygen atoms in total. The zero-order valence-electron chi connectivity index (χ0n) is 12.5. The molecule has 2 heterocycles. The van der Waals surface area contributed by atoms with Crippen LogP contribution in [-0.4, -0.2) is 38.2 Å². The van der Waals surface area contributed by atoms with Gasteiger partial charge in [-0.3, -0.25) is 4.79 Å². The van der Waals surface area contributed by atoms with E-state index < -0.39 is 0 Å². The molecule has 0 fully saturated rings. The number of carbonyl (C=O) groups excluding carboxylic acids is 1. The van der Waals surface area contributed by atoms with Crippen molar-refractivity contribution in [2.24, 2.45) is 0 Å². The van der Waals surface area contributed by atoms with E-state index >= 15 is 0 Å². The van der Waals surface area contributed by atoms with Gasteiger partial charge >= 0.3 is 0 Å². The first kappa shape index (κ1) is 14.9. The van der Waals surface area contributed by atoms with Gasteiger partial charge in [-0.1, -0.05) is 0 Å². The molecule has 1 atom stereocenters. The Bertz CT molecular complexity index is 655. The molecule has 116 valence electrons. The molecule has 1 aliphatic rings. The van der Waals surface area contributed by atoms with Crippen molar-refractivity contribution >= 4 is 17.2 Å². The Balaban J connectivity index is 1.66. The number of ether oxygens (including phenoxy) is 2. The number of carbonyl (C=O) groups is 1. The van der Waals surface area contributed by atoms with Crippen molar-refractivity contribution in [2.45, 2.75) is 6.04 Å². The second-order valence-corrected chi connectivity index (χ2v) is 6.09. The number of nitrogens with zero attached hydrogens (tertiary/aromatic N) is 1. The van der Waals surface area contributed by atoms with Crippen LogP contribution in [0.5, 0.6) is 11.5 Å². The third kappa shape index (κ3) is 3.08. The molecule has 1 N–H and O–H groups in total. The van der Waals surface area contributed by atoms with Gasteiger partial charge in [-0.15, -0.1) is 0 Å². The molecule has 0 saturated carbocycles. The number of nitrogens with one attached hydrogen (secondary N) is 1. The van der Waals surface area contributed by atoms with Gasteiger partial charge in [0.1, 0.15) is 0 Å². The molecule has 0 radical (unpaired) electrons. The van der Waals surface area contributed by atoms with Crippen LogP contribution in [0.1, 0.15) is 22.0 Å². The Morgan fingerprint density at radius 3 is 2.86 bits per heavy atom. The summed E-state index contributed by atoms with van der Waals surface area (Å²) in [6, 6.07) is 7.47. The second-order valence-electron chi connectivity index (χ2n) is 5.31. The Labute approximate surface area is 133 Å². The summed E-state index contributed by atoms with van der Waals surface area (Å²) in [6.07, 6.45) is 0. The standard InChI is InChI=1S/C16H18N2O3S/c1-18(2)13(12-5-6-22-9-12)8-17-16(19)11-3-4-14-15(7-11)21-10-20-14/h3-7,9,13H,8,10H2,1-2H3,(H,17,19)/t13-/m0/s1. The molecule has 1 aromatic carbocycles. The highest BCUT2D eigenvalue weighted by molar-refractivity contribution is 7.07. The second kappa shape index (κ2) is 6.37. The van der Waals surface area contributed by atoms with E-state index in [-0.39, 0.29) is 18.7 Å². The fourth-order valence-corrected chi connectivity index (χ4v) is 3.10. The molecule has 0 aliphatic carbocycles. The SMILES string of the molecule is CN(C)[C@@H](CNC(=O)c1ccc2c(c1)OCO2)c1ccsc1. The molecule has 22 heavy (non-hydrogen) atoms. The molecule has 0 saturated heterocycles. The van der Waals surface area contributed by atoms with Crippen LogP contribution in [0, 0.1) is 0 Å². The zero-order chi connectivity index (χ0) is 15.5. The summed E-state index contributed by atoms with van der Waals surface area (Å²) >= 11 is 1.66. The van der Waals surface area contributed by atoms with Crippen molar-refractivity contribution in [3.8, 4) is 11.5 Å². The molecule has 0 bridgehead atoms. The van der Waals surface area contributed by atoms with Gasteiger partial charge in [-0.25, -0.2) is 0 Å². The summed E-state index contributed by atoms with van der Waals surface area (Å²) in [4.78, 5) is 14.4. The Morgan fingerprint density at radius 1 is 1.32 bits per heavy atom. The summed E-state index contributed by atoms with van der Waals surface area (Å²) in [5.41, 5.74) is 1.79. The first-order chi connectivity index (χ1) is 10.6. The zero-order valence-corrected chi connectivity index (χ0v) is 13.4. The largest absolute Gasteiger partial charge is 0.454 e. The number of benzene rings is 1. The van der Waals surface area contributed by atoms with Crippen molar-refractivity contribution < 1.29 is 14.3 Å². The molecule has 1 aliphatic heterocycles. The van der Waals surface area contributed by atoms with Gasteiger partial charge in [0.2, 0.25) is 6.79 Å². The fraction of sp³-hybridized carbons (Fsp3) is 0.312. The highest BCUT2D eigenvalue weighted by atomic mass is 32.1. The first-order valence-corrected chi connectivity index (χ1v) is 7.96. The van der Waals surface area contributed by atoms with E-state index in [0.717, 1.165) is 0 Å². The van der Waals surface area contributed by atoms with E-state index in [1.807, 2.05) is 19.5 Å². The van der Waals surface area contributed by atoms with Crippen molar-refractivity contribution in [1.29, 1.82) is 0 Å². The third-order valence-electron chi connectivity index (χ3n) is 3.64. The molecule has 0 spiro atoms. The van der Waals surface area contributed by atoms with Crippen LogP contribution in [0.3, 0.4) is 0 Å². The summed E-state index contributed by atoms with van der Waals surface area (Å²) in [5, 5.41) is 7.14. The number of amides is 1. The maximum atomic E-state index is 12.3. The number of likely N-dealkylation sites (N-methyl/N-ethyl adjacent to an activating group) is 1. The van der Waals surface area contributed by atoms with E-state index in [4.69, 9.17) is 9.47 Å². The monoisotopic (exact) mass is 318 g/mol. The lowest BCUT2D eigenvalue weighted by Gasteiger charge is -2.24. The van der Waals surface area contributed by atoms with Gasteiger partial charge in [0.05, 0.1) is 6.04 Å². The molecule has 1 amide bonds. The van der Waals surface area contributed by atoms with Gasteiger partial charge in [0, 0.05) is 12.1 Å². The average molecular weight is 318 g/mol. The normalized spacial score (nSPS) is 14.1. The van der Waals surface area contributed by atoms with Gasteiger partial charge in [0.25, 0.3) is 5.91 Å². The smallest absolute Gasteiger partial charge is 0.251 e. The van der Waals surface area contributed by atoms with Crippen LogP contribution >= 0.6 is 11.3 Å². The van der Waals surface area contributed by atoms with Gasteiger partial charge < -0.3 is 19.7 Å². The summed E-state index contributed by atoms with van der Waals surface area (Å²) in [6.45, 7) is 0.762. The topological polar surface area (TPSA) is 50.8 Å². The van der Waals surface area contributed by atoms with E-state index in [0.29, 0.717) is 23.6 Å². The minimum Gasteiger partial charge on any atom is -0.454 e. The lowest BCUT2D eigenvalue weighted by molar-refractivity contribution is 0.0941. The molecule has 0 unspecified atom stereocenters. The van der Waals surface area contributed by atoms with E-state index in [1.165, 1.54) is 5.56 Å². The minimum atomic E-state index is -0.111. The molecular weight excluding hydrogens is 300 g/mol. The molecule has 2 aromatic rings. The maximum absolute atomic E-state index is 12.3. The van der Waals surface area contributed by atoms with Crippen LogP contribution in [-0.2, 0) is 0 Å². The van der Waals surface area contributed by atoms with Crippen molar-refractivity contribution in [1.82, 2.24) is 10.2 Å². The van der Waals surface area contributed by atoms with E-state index in [9.17, 15) is 4.79 Å². The predicted molar refractivity (Wildman–Crippen MR) is 85.6 cm³/mol. The Kier molecular flexibility index (Phi) is 4.31. The summed E-state index contributed by atoms with van der Waals surface area (Å²) < 4.78 is 10.6. The average Bonchev–Trinajstić information content (AvgIpc) is 3.17. The lowest BCUT2D eigenvalue weighted by Crippen LogP contribution is -2.34. The predicted octanol–water partition coefficient (Wildman–Crippen LogP) is 2.51. The van der Waals surface area contributed by atoms with Crippen LogP contribution in [0.15, 0.2) is 35.0 Å². The summed E-state index contributed by atoms with van der Waals surface area (Å²) in [5.74, 6) is 1.19. The van der Waals surface area contributed by atoms with Crippen molar-refractivity contribution in [3.05, 3.63) is 46.2 Å². The number of rotatable bonds is 5. The highest BCUT2D eigenvalue weighted by Crippen LogP contribution is 2.32. The van der Waals surface area contributed by atoms with E-state index in [2.05, 4.69) is 21.7 Å². The Hall–Kier alpha value is -2.05.